The molecule has 0 saturated carbocycles. The molecule has 1 heterocycles. The summed E-state index contributed by atoms with van der Waals surface area (Å²) in [6.45, 7) is 1.51. The molecule has 1 atom stereocenters. The Kier molecular flexibility index (Phi) is 6.38. The van der Waals surface area contributed by atoms with Gasteiger partial charge in [-0.05, 0) is 49.2 Å². The SMILES string of the molecule is CC(OC(=O)CCc1cnn(-c2ccccc2)c1)C(=O)Nc1cccc(C#N)c1. The summed E-state index contributed by atoms with van der Waals surface area (Å²) in [5, 5.41) is 15.8. The average molecular weight is 388 g/mol. The van der Waals surface area contributed by atoms with Gasteiger partial charge in [-0.3, -0.25) is 9.59 Å². The summed E-state index contributed by atoms with van der Waals surface area (Å²) in [5.74, 6) is -0.920. The predicted molar refractivity (Wildman–Crippen MR) is 107 cm³/mol. The largest absolute Gasteiger partial charge is 0.453 e. The van der Waals surface area contributed by atoms with E-state index in [-0.39, 0.29) is 6.42 Å². The van der Waals surface area contributed by atoms with Crippen LogP contribution < -0.4 is 5.32 Å². The van der Waals surface area contributed by atoms with Crippen LogP contribution in [0.15, 0.2) is 67.0 Å². The van der Waals surface area contributed by atoms with Gasteiger partial charge in [-0.1, -0.05) is 24.3 Å². The second kappa shape index (κ2) is 9.33. The molecule has 0 aliphatic heterocycles. The van der Waals surface area contributed by atoms with Gasteiger partial charge in [0.15, 0.2) is 6.10 Å². The van der Waals surface area contributed by atoms with Crippen molar-refractivity contribution in [1.82, 2.24) is 9.78 Å². The van der Waals surface area contributed by atoms with Crippen molar-refractivity contribution in [2.75, 3.05) is 5.32 Å². The Bertz CT molecular complexity index is 1040. The third-order valence-electron chi connectivity index (χ3n) is 4.21. The van der Waals surface area contributed by atoms with Gasteiger partial charge in [-0.2, -0.15) is 10.4 Å². The molecule has 1 unspecified atom stereocenters. The summed E-state index contributed by atoms with van der Waals surface area (Å²) in [6.07, 6.45) is 3.23. The highest BCUT2D eigenvalue weighted by Crippen LogP contribution is 2.12. The minimum atomic E-state index is -0.944. The van der Waals surface area contributed by atoms with Crippen molar-refractivity contribution in [2.45, 2.75) is 25.9 Å². The molecule has 7 nitrogen and oxygen atoms in total. The Labute approximate surface area is 168 Å². The smallest absolute Gasteiger partial charge is 0.306 e. The van der Waals surface area contributed by atoms with E-state index in [0.29, 0.717) is 17.7 Å². The number of anilines is 1. The quantitative estimate of drug-likeness (QED) is 0.627. The third-order valence-corrected chi connectivity index (χ3v) is 4.21. The van der Waals surface area contributed by atoms with Crippen LogP contribution in [0.25, 0.3) is 5.69 Å². The number of nitrogens with zero attached hydrogens (tertiary/aromatic N) is 3. The number of aromatic nitrogens is 2. The molecule has 1 N–H and O–H groups in total. The van der Waals surface area contributed by atoms with Gasteiger partial charge in [0, 0.05) is 18.3 Å². The summed E-state index contributed by atoms with van der Waals surface area (Å²) in [4.78, 5) is 24.3. The van der Waals surface area contributed by atoms with Crippen LogP contribution in [0.1, 0.15) is 24.5 Å². The molecular formula is C22H20N4O3. The molecule has 0 bridgehead atoms. The molecule has 0 aliphatic carbocycles. The van der Waals surface area contributed by atoms with Gasteiger partial charge in [0.2, 0.25) is 0 Å². The Morgan fingerprint density at radius 3 is 2.76 bits per heavy atom. The van der Waals surface area contributed by atoms with Crippen molar-refractivity contribution >= 4 is 17.6 Å². The number of hydrogen-bond donors (Lipinski definition) is 1. The highest BCUT2D eigenvalue weighted by molar-refractivity contribution is 5.95. The van der Waals surface area contributed by atoms with Crippen LogP contribution in [-0.4, -0.2) is 27.8 Å². The number of esters is 1. The van der Waals surface area contributed by atoms with Crippen LogP contribution in [0, 0.1) is 11.3 Å². The Morgan fingerprint density at radius 2 is 2.00 bits per heavy atom. The van der Waals surface area contributed by atoms with Crippen LogP contribution in [-0.2, 0) is 20.7 Å². The lowest BCUT2D eigenvalue weighted by molar-refractivity contribution is -0.153. The first kappa shape index (κ1) is 19.8. The number of nitriles is 1. The molecule has 0 radical (unpaired) electrons. The van der Waals surface area contributed by atoms with Gasteiger partial charge >= 0.3 is 5.97 Å². The van der Waals surface area contributed by atoms with Crippen LogP contribution in [0.2, 0.25) is 0 Å². The molecule has 0 saturated heterocycles. The molecule has 0 fully saturated rings. The first-order valence-corrected chi connectivity index (χ1v) is 9.14. The van der Waals surface area contributed by atoms with Gasteiger partial charge in [0.1, 0.15) is 0 Å². The summed E-state index contributed by atoms with van der Waals surface area (Å²) in [6, 6.07) is 18.2. The first-order valence-electron chi connectivity index (χ1n) is 9.14. The number of para-hydroxylation sites is 1. The normalized spacial score (nSPS) is 11.3. The molecule has 146 valence electrons. The highest BCUT2D eigenvalue weighted by atomic mass is 16.5. The summed E-state index contributed by atoms with van der Waals surface area (Å²) in [5.41, 5.74) is 2.75. The van der Waals surface area contributed by atoms with Gasteiger partial charge in [-0.15, -0.1) is 0 Å². The van der Waals surface area contributed by atoms with Crippen LogP contribution in [0.4, 0.5) is 5.69 Å². The maximum atomic E-state index is 12.2. The Balaban J connectivity index is 1.48. The number of nitrogens with one attached hydrogen (secondary N) is 1. The van der Waals surface area contributed by atoms with Gasteiger partial charge in [0.05, 0.1) is 23.5 Å². The first-order chi connectivity index (χ1) is 14.0. The van der Waals surface area contributed by atoms with E-state index >= 15 is 0 Å². The van der Waals surface area contributed by atoms with Gasteiger partial charge < -0.3 is 10.1 Å². The molecule has 2 aromatic carbocycles. The van der Waals surface area contributed by atoms with Crippen molar-refractivity contribution in [1.29, 1.82) is 5.26 Å². The van der Waals surface area contributed by atoms with E-state index in [2.05, 4.69) is 10.4 Å². The molecule has 1 aromatic heterocycles. The average Bonchev–Trinajstić information content (AvgIpc) is 3.22. The standard InChI is InChI=1S/C22H20N4O3/c1-16(22(28)25-19-7-5-6-17(12-19)13-23)29-21(27)11-10-18-14-24-26(15-18)20-8-3-2-4-9-20/h2-9,12,14-16H,10-11H2,1H3,(H,25,28). The molecule has 3 aromatic rings. The van der Waals surface area contributed by atoms with E-state index in [9.17, 15) is 9.59 Å². The highest BCUT2D eigenvalue weighted by Gasteiger charge is 2.18. The lowest BCUT2D eigenvalue weighted by Crippen LogP contribution is -2.30. The topological polar surface area (TPSA) is 97.0 Å². The summed E-state index contributed by atoms with van der Waals surface area (Å²) >= 11 is 0. The van der Waals surface area contributed by atoms with Crippen LogP contribution in [0.5, 0.6) is 0 Å². The predicted octanol–water partition coefficient (Wildman–Crippen LogP) is 3.25. The maximum absolute atomic E-state index is 12.2. The molecule has 1 amide bonds. The zero-order chi connectivity index (χ0) is 20.6. The molecule has 0 aliphatic rings. The molecule has 3 rings (SSSR count). The number of ether oxygens (including phenoxy) is 1. The second-order valence-electron chi connectivity index (χ2n) is 6.44. The molecular weight excluding hydrogens is 368 g/mol. The van der Waals surface area contributed by atoms with E-state index in [1.807, 2.05) is 42.6 Å². The number of hydrogen-bond acceptors (Lipinski definition) is 5. The number of benzene rings is 2. The van der Waals surface area contributed by atoms with Crippen molar-refractivity contribution in [2.24, 2.45) is 0 Å². The van der Waals surface area contributed by atoms with Gasteiger partial charge in [-0.25, -0.2) is 4.68 Å². The van der Waals surface area contributed by atoms with Crippen molar-refractivity contribution in [3.63, 3.8) is 0 Å². The fraction of sp³-hybridized carbons (Fsp3) is 0.182. The second-order valence-corrected chi connectivity index (χ2v) is 6.44. The van der Waals surface area contributed by atoms with E-state index in [0.717, 1.165) is 11.3 Å². The number of aryl methyl sites for hydroxylation is 1. The summed E-state index contributed by atoms with van der Waals surface area (Å²) in [7, 11) is 0. The van der Waals surface area contributed by atoms with E-state index in [4.69, 9.17) is 10.00 Å². The molecule has 0 spiro atoms. The number of carbonyl (C=O) groups is 2. The lowest BCUT2D eigenvalue weighted by Gasteiger charge is -2.13. The van der Waals surface area contributed by atoms with E-state index in [1.165, 1.54) is 6.92 Å². The number of rotatable bonds is 7. The zero-order valence-electron chi connectivity index (χ0n) is 15.9. The number of carbonyl (C=O) groups excluding carboxylic acids is 2. The third kappa shape index (κ3) is 5.53. The van der Waals surface area contributed by atoms with E-state index in [1.54, 1.807) is 35.1 Å². The Morgan fingerprint density at radius 1 is 1.21 bits per heavy atom. The monoisotopic (exact) mass is 388 g/mol. The molecule has 7 heteroatoms. The minimum absolute atomic E-state index is 0.141. The minimum Gasteiger partial charge on any atom is -0.453 e. The fourth-order valence-electron chi connectivity index (χ4n) is 2.68. The fourth-order valence-corrected chi connectivity index (χ4v) is 2.68. The molecule has 29 heavy (non-hydrogen) atoms. The van der Waals surface area contributed by atoms with Crippen molar-refractivity contribution in [3.05, 3.63) is 78.1 Å². The zero-order valence-corrected chi connectivity index (χ0v) is 15.9. The maximum Gasteiger partial charge on any atom is 0.306 e. The van der Waals surface area contributed by atoms with Crippen molar-refractivity contribution < 1.29 is 14.3 Å². The lowest BCUT2D eigenvalue weighted by atomic mass is 10.2. The van der Waals surface area contributed by atoms with E-state index < -0.39 is 18.0 Å². The van der Waals surface area contributed by atoms with Gasteiger partial charge in [0.25, 0.3) is 5.91 Å². The van der Waals surface area contributed by atoms with Crippen LogP contribution in [0.3, 0.4) is 0 Å². The summed E-state index contributed by atoms with van der Waals surface area (Å²) < 4.78 is 6.95. The van der Waals surface area contributed by atoms with Crippen LogP contribution >= 0.6 is 0 Å². The van der Waals surface area contributed by atoms with Crippen molar-refractivity contribution in [3.8, 4) is 11.8 Å². The Hall–Kier alpha value is -3.92. The number of amides is 1.